The van der Waals surface area contributed by atoms with Crippen LogP contribution in [0.3, 0.4) is 0 Å². The fraction of sp³-hybridized carbons (Fsp3) is 0.455. The SMILES string of the molecule is CCS(=O)(=O)CC(C)Nc1cccc(S(N)(=O)=O)c1. The van der Waals surface area contributed by atoms with Gasteiger partial charge in [-0.1, -0.05) is 13.0 Å². The molecule has 0 aromatic heterocycles. The summed E-state index contributed by atoms with van der Waals surface area (Å²) in [5, 5.41) is 7.97. The van der Waals surface area contributed by atoms with Gasteiger partial charge in [-0.3, -0.25) is 0 Å². The van der Waals surface area contributed by atoms with Crippen LogP contribution in [0.15, 0.2) is 29.2 Å². The van der Waals surface area contributed by atoms with Gasteiger partial charge in [0.25, 0.3) is 0 Å². The summed E-state index contributed by atoms with van der Waals surface area (Å²) >= 11 is 0. The van der Waals surface area contributed by atoms with Crippen molar-refractivity contribution in [1.29, 1.82) is 0 Å². The van der Waals surface area contributed by atoms with E-state index < -0.39 is 19.9 Å². The zero-order valence-corrected chi connectivity index (χ0v) is 12.5. The number of benzene rings is 1. The first-order valence-electron chi connectivity index (χ1n) is 5.74. The zero-order valence-electron chi connectivity index (χ0n) is 10.8. The maximum atomic E-state index is 11.5. The van der Waals surface area contributed by atoms with E-state index in [4.69, 9.17) is 5.14 Å². The minimum absolute atomic E-state index is 0.0108. The molecule has 0 amide bonds. The lowest BCUT2D eigenvalue weighted by Gasteiger charge is -2.15. The lowest BCUT2D eigenvalue weighted by molar-refractivity contribution is 0.592. The zero-order chi connectivity index (χ0) is 14.7. The number of rotatable bonds is 6. The summed E-state index contributed by atoms with van der Waals surface area (Å²) in [7, 11) is -6.84. The molecular formula is C11H18N2O4S2. The van der Waals surface area contributed by atoms with Gasteiger partial charge in [-0.2, -0.15) is 0 Å². The molecule has 0 bridgehead atoms. The van der Waals surface area contributed by atoms with Gasteiger partial charge in [0.2, 0.25) is 10.0 Å². The first-order valence-corrected chi connectivity index (χ1v) is 9.10. The second-order valence-corrected chi connectivity index (χ2v) is 8.28. The third kappa shape index (κ3) is 5.17. The highest BCUT2D eigenvalue weighted by Crippen LogP contribution is 2.15. The largest absolute Gasteiger partial charge is 0.382 e. The van der Waals surface area contributed by atoms with Crippen LogP contribution in [-0.4, -0.2) is 34.4 Å². The van der Waals surface area contributed by atoms with Crippen molar-refractivity contribution in [2.24, 2.45) is 5.14 Å². The molecule has 19 heavy (non-hydrogen) atoms. The van der Waals surface area contributed by atoms with Crippen molar-refractivity contribution in [1.82, 2.24) is 0 Å². The van der Waals surface area contributed by atoms with Crippen LogP contribution in [0.2, 0.25) is 0 Å². The van der Waals surface area contributed by atoms with Gasteiger partial charge in [-0.15, -0.1) is 0 Å². The molecule has 6 nitrogen and oxygen atoms in total. The lowest BCUT2D eigenvalue weighted by Crippen LogP contribution is -2.26. The predicted octanol–water partition coefficient (Wildman–Crippen LogP) is 0.569. The number of nitrogens with one attached hydrogen (secondary N) is 1. The molecule has 0 saturated carbocycles. The smallest absolute Gasteiger partial charge is 0.238 e. The van der Waals surface area contributed by atoms with Crippen molar-refractivity contribution in [3.8, 4) is 0 Å². The molecule has 108 valence electrons. The van der Waals surface area contributed by atoms with E-state index in [1.54, 1.807) is 26.0 Å². The Hall–Kier alpha value is -1.12. The third-order valence-electron chi connectivity index (χ3n) is 2.52. The summed E-state index contributed by atoms with van der Waals surface area (Å²) in [6.07, 6.45) is 0. The molecule has 0 heterocycles. The normalized spacial score (nSPS) is 14.1. The molecule has 1 unspecified atom stereocenters. The van der Waals surface area contributed by atoms with Gasteiger partial charge in [0.15, 0.2) is 9.84 Å². The summed E-state index contributed by atoms with van der Waals surface area (Å²) in [6, 6.07) is 5.64. The predicted molar refractivity (Wildman–Crippen MR) is 75.2 cm³/mol. The highest BCUT2D eigenvalue weighted by molar-refractivity contribution is 7.91. The van der Waals surface area contributed by atoms with E-state index in [0.29, 0.717) is 5.69 Å². The summed E-state index contributed by atoms with van der Waals surface area (Å²) in [5.41, 5.74) is 0.519. The second kappa shape index (κ2) is 5.89. The van der Waals surface area contributed by atoms with Crippen molar-refractivity contribution in [2.75, 3.05) is 16.8 Å². The van der Waals surface area contributed by atoms with Gasteiger partial charge >= 0.3 is 0 Å². The first kappa shape index (κ1) is 15.9. The van der Waals surface area contributed by atoms with E-state index >= 15 is 0 Å². The van der Waals surface area contributed by atoms with Gasteiger partial charge in [-0.05, 0) is 25.1 Å². The summed E-state index contributed by atoms with van der Waals surface area (Å²) in [4.78, 5) is -0.0111. The summed E-state index contributed by atoms with van der Waals surface area (Å²) in [6.45, 7) is 3.31. The molecule has 8 heteroatoms. The standard InChI is InChI=1S/C11H18N2O4S2/c1-3-18(14,15)8-9(2)13-10-5-4-6-11(7-10)19(12,16)17/h4-7,9,13H,3,8H2,1-2H3,(H2,12,16,17). The Labute approximate surface area is 114 Å². The van der Waals surface area contributed by atoms with Crippen molar-refractivity contribution < 1.29 is 16.8 Å². The Bertz CT molecular complexity index is 638. The van der Waals surface area contributed by atoms with Crippen LogP contribution in [0.1, 0.15) is 13.8 Å². The van der Waals surface area contributed by atoms with Crippen LogP contribution in [0.4, 0.5) is 5.69 Å². The molecular weight excluding hydrogens is 288 g/mol. The Morgan fingerprint density at radius 3 is 2.42 bits per heavy atom. The Morgan fingerprint density at radius 2 is 1.89 bits per heavy atom. The van der Waals surface area contributed by atoms with Gasteiger partial charge in [-0.25, -0.2) is 22.0 Å². The molecule has 1 aromatic rings. The van der Waals surface area contributed by atoms with E-state index in [9.17, 15) is 16.8 Å². The van der Waals surface area contributed by atoms with Crippen molar-refractivity contribution in [3.63, 3.8) is 0 Å². The fourth-order valence-electron chi connectivity index (χ4n) is 1.59. The van der Waals surface area contributed by atoms with E-state index in [2.05, 4.69) is 5.32 Å². The molecule has 1 atom stereocenters. The van der Waals surface area contributed by atoms with Crippen LogP contribution in [0, 0.1) is 0 Å². The van der Waals surface area contributed by atoms with Crippen LogP contribution in [-0.2, 0) is 19.9 Å². The highest BCUT2D eigenvalue weighted by Gasteiger charge is 2.14. The van der Waals surface area contributed by atoms with Crippen molar-refractivity contribution >= 4 is 25.5 Å². The fourth-order valence-corrected chi connectivity index (χ4v) is 3.23. The quantitative estimate of drug-likeness (QED) is 0.799. The van der Waals surface area contributed by atoms with Crippen LogP contribution in [0.5, 0.6) is 0 Å². The minimum Gasteiger partial charge on any atom is -0.382 e. The van der Waals surface area contributed by atoms with E-state index in [1.807, 2.05) is 0 Å². The lowest BCUT2D eigenvalue weighted by atomic mass is 10.3. The molecule has 1 rings (SSSR count). The maximum absolute atomic E-state index is 11.5. The average Bonchev–Trinajstić information content (AvgIpc) is 2.27. The number of hydrogen-bond donors (Lipinski definition) is 2. The number of anilines is 1. The van der Waals surface area contributed by atoms with Gasteiger partial charge in [0.1, 0.15) is 0 Å². The highest BCUT2D eigenvalue weighted by atomic mass is 32.2. The van der Waals surface area contributed by atoms with Gasteiger partial charge in [0.05, 0.1) is 10.6 Å². The average molecular weight is 306 g/mol. The first-order chi connectivity index (χ1) is 8.64. The topological polar surface area (TPSA) is 106 Å². The van der Waals surface area contributed by atoms with E-state index in [0.717, 1.165) is 0 Å². The molecule has 3 N–H and O–H groups in total. The Morgan fingerprint density at radius 1 is 1.26 bits per heavy atom. The Balaban J connectivity index is 2.84. The molecule has 1 aromatic carbocycles. The molecule has 0 aliphatic heterocycles. The summed E-state index contributed by atoms with van der Waals surface area (Å²) in [5.74, 6) is 0.0688. The molecule has 0 fully saturated rings. The molecule has 0 aliphatic rings. The number of hydrogen-bond acceptors (Lipinski definition) is 5. The van der Waals surface area contributed by atoms with Gasteiger partial charge in [0, 0.05) is 17.5 Å². The van der Waals surface area contributed by atoms with Crippen molar-refractivity contribution in [2.45, 2.75) is 24.8 Å². The number of nitrogens with two attached hydrogens (primary N) is 1. The van der Waals surface area contributed by atoms with E-state index in [-0.39, 0.29) is 22.4 Å². The molecule has 0 radical (unpaired) electrons. The third-order valence-corrected chi connectivity index (χ3v) is 5.32. The van der Waals surface area contributed by atoms with Crippen LogP contribution < -0.4 is 10.5 Å². The maximum Gasteiger partial charge on any atom is 0.238 e. The number of primary sulfonamides is 1. The summed E-state index contributed by atoms with van der Waals surface area (Å²) < 4.78 is 45.3. The Kier molecular flexibility index (Phi) is 4.94. The van der Waals surface area contributed by atoms with Crippen molar-refractivity contribution in [3.05, 3.63) is 24.3 Å². The van der Waals surface area contributed by atoms with Crippen LogP contribution >= 0.6 is 0 Å². The molecule has 0 saturated heterocycles. The van der Waals surface area contributed by atoms with Gasteiger partial charge < -0.3 is 5.32 Å². The monoisotopic (exact) mass is 306 g/mol. The minimum atomic E-state index is -3.76. The van der Waals surface area contributed by atoms with Crippen LogP contribution in [0.25, 0.3) is 0 Å². The number of sulfonamides is 1. The number of sulfone groups is 1. The van der Waals surface area contributed by atoms with E-state index in [1.165, 1.54) is 12.1 Å². The molecule has 0 spiro atoms. The molecule has 0 aliphatic carbocycles. The second-order valence-electron chi connectivity index (χ2n) is 4.32.